The Kier molecular flexibility index (Phi) is 10.6. The van der Waals surface area contributed by atoms with E-state index in [0.29, 0.717) is 17.7 Å². The highest BCUT2D eigenvalue weighted by Crippen LogP contribution is 2.37. The number of rotatable bonds is 13. The van der Waals surface area contributed by atoms with E-state index in [1.807, 2.05) is 64.1 Å². The smallest absolute Gasteiger partial charge is 0.298 e. The highest BCUT2D eigenvalue weighted by atomic mass is 32.2. The highest BCUT2D eigenvalue weighted by molar-refractivity contribution is 7.86. The molecule has 0 radical (unpaired) electrons. The van der Waals surface area contributed by atoms with Gasteiger partial charge >= 0.3 is 0 Å². The first kappa shape index (κ1) is 36.8. The van der Waals surface area contributed by atoms with Crippen LogP contribution in [0.25, 0.3) is 0 Å². The zero-order valence-electron chi connectivity index (χ0n) is 28.1. The van der Waals surface area contributed by atoms with Crippen molar-refractivity contribution in [2.24, 2.45) is 0 Å². The number of ether oxygens (including phenoxy) is 2. The molecule has 1 unspecified atom stereocenters. The Bertz CT molecular complexity index is 2010. The summed E-state index contributed by atoms with van der Waals surface area (Å²) >= 11 is 0. The minimum Gasteiger partial charge on any atom is -0.491 e. The van der Waals surface area contributed by atoms with Gasteiger partial charge in [0.05, 0.1) is 11.0 Å². The van der Waals surface area contributed by atoms with E-state index in [2.05, 4.69) is 20.8 Å². The average molecular weight is 695 g/mol. The molecule has 1 atom stereocenters. The van der Waals surface area contributed by atoms with Crippen LogP contribution in [0, 0.1) is 0 Å². The van der Waals surface area contributed by atoms with Crippen LogP contribution >= 0.6 is 0 Å². The van der Waals surface area contributed by atoms with Crippen molar-refractivity contribution in [1.29, 1.82) is 0 Å². The molecule has 11 heteroatoms. The lowest BCUT2D eigenvalue weighted by atomic mass is 9.78. The van der Waals surface area contributed by atoms with Crippen LogP contribution < -0.4 is 9.47 Å². The van der Waals surface area contributed by atoms with Crippen molar-refractivity contribution >= 4 is 26.0 Å². The van der Waals surface area contributed by atoms with E-state index in [1.165, 1.54) is 24.3 Å². The minimum absolute atomic E-state index is 0.0934. The lowest BCUT2D eigenvalue weighted by Crippen LogP contribution is -2.20. The van der Waals surface area contributed by atoms with E-state index in [-0.39, 0.29) is 28.4 Å². The van der Waals surface area contributed by atoms with Crippen LogP contribution in [0.15, 0.2) is 94.7 Å². The maximum absolute atomic E-state index is 13.4. The molecule has 0 aliphatic rings. The molecule has 0 heterocycles. The van der Waals surface area contributed by atoms with Gasteiger partial charge in [-0.2, -0.15) is 16.8 Å². The van der Waals surface area contributed by atoms with Crippen LogP contribution in [0.2, 0.25) is 0 Å². The Balaban J connectivity index is 1.62. The summed E-state index contributed by atoms with van der Waals surface area (Å²) in [5.74, 6) is 0.161. The fourth-order valence-electron chi connectivity index (χ4n) is 5.23. The van der Waals surface area contributed by atoms with Crippen LogP contribution in [0.1, 0.15) is 93.9 Å². The third kappa shape index (κ3) is 8.15. The lowest BCUT2D eigenvalue weighted by molar-refractivity contribution is 0.103. The molecule has 0 aliphatic heterocycles. The predicted molar refractivity (Wildman–Crippen MR) is 185 cm³/mol. The Morgan fingerprint density at radius 1 is 0.708 bits per heavy atom. The van der Waals surface area contributed by atoms with E-state index in [4.69, 9.17) is 9.47 Å². The average Bonchev–Trinajstić information content (AvgIpc) is 3.04. The number of carbonyl (C=O) groups is 1. The summed E-state index contributed by atoms with van der Waals surface area (Å²) in [6, 6.07) is 22.5. The molecule has 0 amide bonds. The van der Waals surface area contributed by atoms with Crippen molar-refractivity contribution in [3.05, 3.63) is 113 Å². The molecule has 4 rings (SSSR count). The summed E-state index contributed by atoms with van der Waals surface area (Å²) in [5.41, 5.74) is 1.14. The number of carbonyl (C=O) groups excluding carboxylic acids is 1. The first-order valence-corrected chi connectivity index (χ1v) is 18.5. The summed E-state index contributed by atoms with van der Waals surface area (Å²) in [7, 11) is -9.54. The van der Waals surface area contributed by atoms with E-state index in [1.54, 1.807) is 12.1 Å². The predicted octanol–water partition coefficient (Wildman–Crippen LogP) is 8.39. The second-order valence-electron chi connectivity index (χ2n) is 13.0. The van der Waals surface area contributed by atoms with Gasteiger partial charge in [0.25, 0.3) is 20.2 Å². The zero-order chi connectivity index (χ0) is 35.7. The zero-order valence-corrected chi connectivity index (χ0v) is 29.8. The molecule has 4 aromatic rings. The molecule has 0 fully saturated rings. The molecule has 0 aliphatic carbocycles. The first-order valence-electron chi connectivity index (χ1n) is 15.6. The number of ketones is 1. The largest absolute Gasteiger partial charge is 0.491 e. The van der Waals surface area contributed by atoms with Crippen molar-refractivity contribution in [1.82, 2.24) is 0 Å². The Hall–Kier alpha value is -4.03. The van der Waals surface area contributed by atoms with Crippen molar-refractivity contribution in [3.8, 4) is 17.2 Å². The van der Waals surface area contributed by atoms with Crippen LogP contribution in [0.3, 0.4) is 0 Å². The third-order valence-electron chi connectivity index (χ3n) is 8.91. The van der Waals surface area contributed by atoms with Crippen molar-refractivity contribution in [3.63, 3.8) is 0 Å². The van der Waals surface area contributed by atoms with Gasteiger partial charge in [0, 0.05) is 16.5 Å². The molecule has 0 aromatic heterocycles. The van der Waals surface area contributed by atoms with Gasteiger partial charge in [-0.25, -0.2) is 0 Å². The molecule has 9 nitrogen and oxygen atoms in total. The summed E-state index contributed by atoms with van der Waals surface area (Å²) < 4.78 is 81.0. The molecular weight excluding hydrogens is 653 g/mol. The molecule has 0 saturated carbocycles. The van der Waals surface area contributed by atoms with Crippen molar-refractivity contribution in [2.45, 2.75) is 88.0 Å². The fourth-order valence-corrected chi connectivity index (χ4v) is 6.77. The number of benzene rings is 4. The van der Waals surface area contributed by atoms with Gasteiger partial charge < -0.3 is 9.47 Å². The fraction of sp³-hybridized carbons (Fsp3) is 0.324. The minimum atomic E-state index is -4.86. The van der Waals surface area contributed by atoms with E-state index in [9.17, 15) is 30.7 Å². The molecule has 4 aromatic carbocycles. The molecule has 0 bridgehead atoms. The summed E-state index contributed by atoms with van der Waals surface area (Å²) in [5, 5.41) is 0. The molecule has 256 valence electrons. The van der Waals surface area contributed by atoms with E-state index in [0.717, 1.165) is 35.4 Å². The monoisotopic (exact) mass is 694 g/mol. The Morgan fingerprint density at radius 2 is 1.19 bits per heavy atom. The number of hydrogen-bond donors (Lipinski definition) is 2. The van der Waals surface area contributed by atoms with Crippen LogP contribution in [0.4, 0.5) is 0 Å². The van der Waals surface area contributed by atoms with Gasteiger partial charge in [0.1, 0.15) is 22.1 Å². The maximum Gasteiger partial charge on any atom is 0.298 e. The molecule has 0 saturated heterocycles. The third-order valence-corrected chi connectivity index (χ3v) is 10.7. The number of hydrogen-bond acceptors (Lipinski definition) is 7. The van der Waals surface area contributed by atoms with Gasteiger partial charge in [0.15, 0.2) is 5.78 Å². The van der Waals surface area contributed by atoms with Gasteiger partial charge in [-0.1, -0.05) is 77.9 Å². The van der Waals surface area contributed by atoms with Crippen LogP contribution in [0.5, 0.6) is 17.2 Å². The van der Waals surface area contributed by atoms with Crippen molar-refractivity contribution in [2.75, 3.05) is 0 Å². The quantitative estimate of drug-likeness (QED) is 0.104. The molecule has 48 heavy (non-hydrogen) atoms. The van der Waals surface area contributed by atoms with Crippen LogP contribution in [-0.2, 0) is 31.1 Å². The van der Waals surface area contributed by atoms with Gasteiger partial charge in [-0.05, 0) is 90.4 Å². The van der Waals surface area contributed by atoms with E-state index >= 15 is 0 Å². The molecule has 0 spiro atoms. The van der Waals surface area contributed by atoms with E-state index < -0.39 is 41.2 Å². The first-order chi connectivity index (χ1) is 22.3. The van der Waals surface area contributed by atoms with Gasteiger partial charge in [0.2, 0.25) is 0 Å². The highest BCUT2D eigenvalue weighted by Gasteiger charge is 2.29. The van der Waals surface area contributed by atoms with Gasteiger partial charge in [-0.3, -0.25) is 13.9 Å². The normalized spacial score (nSPS) is 13.2. The SMILES string of the molecule is CCC(C)Oc1ccc(C(C)(C)c2ccc(Oc3ccc(C(=O)c4ccc(C(C)(C)CC)c(S(=O)(=O)O)c4)cc3S(=O)(=O)O)cc2)cc1. The molecular formula is C37H42O9S2. The summed E-state index contributed by atoms with van der Waals surface area (Å²) in [4.78, 5) is 12.4. The second kappa shape index (κ2) is 13.8. The maximum atomic E-state index is 13.4. The second-order valence-corrected chi connectivity index (χ2v) is 15.8. The summed E-state index contributed by atoms with van der Waals surface area (Å²) in [6.07, 6.45) is 1.58. The Morgan fingerprint density at radius 3 is 1.67 bits per heavy atom. The van der Waals surface area contributed by atoms with Crippen molar-refractivity contribution < 1.29 is 40.2 Å². The lowest BCUT2D eigenvalue weighted by Gasteiger charge is -2.27. The van der Waals surface area contributed by atoms with Crippen LogP contribution in [-0.4, -0.2) is 37.8 Å². The standard InChI is InChI=1S/C37H42O9S2/c1-8-24(3)45-29-16-12-27(13-17-29)37(6,7)28-14-18-30(19-15-28)46-32-21-11-26(23-34(32)48(42,43)44)35(38)25-10-20-31(36(4,5)9-2)33(22-25)47(39,40)41/h10-24H,8-9H2,1-7H3,(H,39,40,41)(H,42,43,44). The topological polar surface area (TPSA) is 144 Å². The van der Waals surface area contributed by atoms with Gasteiger partial charge in [-0.15, -0.1) is 0 Å². The molecule has 2 N–H and O–H groups in total. The Labute approximate surface area is 283 Å². The summed E-state index contributed by atoms with van der Waals surface area (Å²) in [6.45, 7) is 13.7.